The summed E-state index contributed by atoms with van der Waals surface area (Å²) in [6.07, 6.45) is 4.40. The smallest absolute Gasteiger partial charge is 0.252 e. The quantitative estimate of drug-likeness (QED) is 0.317. The Bertz CT molecular complexity index is 1400. The van der Waals surface area contributed by atoms with Gasteiger partial charge < -0.3 is 0 Å². The monoisotopic (exact) mass is 576 g/mol. The van der Waals surface area contributed by atoms with Crippen molar-refractivity contribution in [3.8, 4) is 0 Å². The van der Waals surface area contributed by atoms with E-state index in [2.05, 4.69) is 20.9 Å². The molecule has 0 radical (unpaired) electrons. The molecule has 0 spiro atoms. The lowest BCUT2D eigenvalue weighted by Gasteiger charge is -2.32. The first kappa shape index (κ1) is 23.6. The number of pyridine rings is 1. The van der Waals surface area contributed by atoms with Crippen LogP contribution in [-0.4, -0.2) is 41.7 Å². The number of aromatic nitrogens is 2. The van der Waals surface area contributed by atoms with Crippen LogP contribution in [0.5, 0.6) is 0 Å². The van der Waals surface area contributed by atoms with Gasteiger partial charge in [0.15, 0.2) is 5.13 Å². The first-order valence-electron chi connectivity index (χ1n) is 10.7. The first-order chi connectivity index (χ1) is 16.4. The number of hydrogen-bond donors (Lipinski definition) is 0. The topological polar surface area (TPSA) is 83.5 Å². The number of fused-ring (bicyclic) bond motifs is 1. The highest BCUT2D eigenvalue weighted by Crippen LogP contribution is 2.34. The summed E-state index contributed by atoms with van der Waals surface area (Å²) in [4.78, 5) is 24.4. The van der Waals surface area contributed by atoms with Crippen LogP contribution in [0.4, 0.5) is 5.13 Å². The van der Waals surface area contributed by atoms with E-state index in [-0.39, 0.29) is 11.8 Å². The number of thiazole rings is 1. The maximum absolute atomic E-state index is 13.7. The minimum absolute atomic E-state index is 0.0323. The maximum atomic E-state index is 13.7. The van der Waals surface area contributed by atoms with Crippen LogP contribution >= 0.6 is 38.6 Å². The Morgan fingerprint density at radius 2 is 2.00 bits per heavy atom. The third-order valence-corrected chi connectivity index (χ3v) is 10.6. The minimum atomic E-state index is -3.51. The molecule has 1 amide bonds. The predicted octanol–water partition coefficient (Wildman–Crippen LogP) is 5.15. The van der Waals surface area contributed by atoms with Gasteiger partial charge in [-0.3, -0.25) is 14.7 Å². The standard InChI is InChI=1S/C23H21BrN4O3S3/c24-18-5-6-19-20(13-18)33-23(26-19)28(15-16-3-1-9-25-14-16)22(29)17-7-10-27(11-8-17)34(30,31)21-4-2-12-32-21/h1-6,9,12-14,17H,7-8,10-11,15H2. The van der Waals surface area contributed by atoms with E-state index >= 15 is 0 Å². The molecular formula is C23H21BrN4O3S3. The second-order valence-electron chi connectivity index (χ2n) is 8.00. The molecule has 3 aromatic heterocycles. The summed E-state index contributed by atoms with van der Waals surface area (Å²) < 4.78 is 29.5. The summed E-state index contributed by atoms with van der Waals surface area (Å²) in [6.45, 7) is 1.01. The Hall–Kier alpha value is -2.18. The Labute approximate surface area is 214 Å². The van der Waals surface area contributed by atoms with E-state index in [0.717, 1.165) is 20.3 Å². The minimum Gasteiger partial charge on any atom is -0.283 e. The van der Waals surface area contributed by atoms with Crippen LogP contribution in [0.25, 0.3) is 10.2 Å². The Morgan fingerprint density at radius 1 is 1.18 bits per heavy atom. The van der Waals surface area contributed by atoms with E-state index in [4.69, 9.17) is 4.98 Å². The molecule has 11 heteroatoms. The van der Waals surface area contributed by atoms with Crippen molar-refractivity contribution >= 4 is 69.9 Å². The molecular weight excluding hydrogens is 556 g/mol. The summed E-state index contributed by atoms with van der Waals surface area (Å²) >= 11 is 6.19. The molecule has 1 aliphatic heterocycles. The van der Waals surface area contributed by atoms with Crippen LogP contribution in [0.2, 0.25) is 0 Å². The molecule has 1 fully saturated rings. The molecule has 1 aromatic carbocycles. The fourth-order valence-corrected chi connectivity index (χ4v) is 8.15. The average molecular weight is 578 g/mol. The first-order valence-corrected chi connectivity index (χ1v) is 14.6. The van der Waals surface area contributed by atoms with E-state index in [9.17, 15) is 13.2 Å². The predicted molar refractivity (Wildman–Crippen MR) is 139 cm³/mol. The molecule has 176 valence electrons. The summed E-state index contributed by atoms with van der Waals surface area (Å²) in [7, 11) is -3.51. The summed E-state index contributed by atoms with van der Waals surface area (Å²) in [6, 6.07) is 13.0. The number of carbonyl (C=O) groups is 1. The highest BCUT2D eigenvalue weighted by atomic mass is 79.9. The Morgan fingerprint density at radius 3 is 2.71 bits per heavy atom. The Balaban J connectivity index is 1.38. The van der Waals surface area contributed by atoms with Crippen molar-refractivity contribution in [2.45, 2.75) is 23.6 Å². The highest BCUT2D eigenvalue weighted by molar-refractivity contribution is 9.10. The number of piperidine rings is 1. The molecule has 7 nitrogen and oxygen atoms in total. The number of anilines is 1. The Kier molecular flexibility index (Phi) is 6.81. The van der Waals surface area contributed by atoms with Gasteiger partial charge in [0.25, 0.3) is 10.0 Å². The SMILES string of the molecule is O=C(C1CCN(S(=O)(=O)c2cccs2)CC1)N(Cc1cccnc1)c1nc2ccc(Br)cc2s1. The van der Waals surface area contributed by atoms with Crippen LogP contribution < -0.4 is 4.90 Å². The third-order valence-electron chi connectivity index (χ3n) is 5.79. The summed E-state index contributed by atoms with van der Waals surface area (Å²) in [5, 5.41) is 2.39. The van der Waals surface area contributed by atoms with E-state index in [1.54, 1.807) is 34.8 Å². The number of nitrogens with zero attached hydrogens (tertiary/aromatic N) is 4. The molecule has 1 aliphatic rings. The van der Waals surface area contributed by atoms with Gasteiger partial charge in [-0.2, -0.15) is 4.31 Å². The van der Waals surface area contributed by atoms with Crippen LogP contribution in [0.1, 0.15) is 18.4 Å². The lowest BCUT2D eigenvalue weighted by Crippen LogP contribution is -2.44. The van der Waals surface area contributed by atoms with Crippen molar-refractivity contribution < 1.29 is 13.2 Å². The zero-order chi connectivity index (χ0) is 23.7. The van der Waals surface area contributed by atoms with Gasteiger partial charge in [-0.1, -0.05) is 39.4 Å². The van der Waals surface area contributed by atoms with Crippen molar-refractivity contribution in [1.82, 2.24) is 14.3 Å². The molecule has 0 aliphatic carbocycles. The zero-order valence-electron chi connectivity index (χ0n) is 18.0. The fraction of sp³-hybridized carbons (Fsp3) is 0.261. The normalized spacial score (nSPS) is 15.6. The molecule has 0 saturated carbocycles. The van der Waals surface area contributed by atoms with Gasteiger partial charge in [-0.25, -0.2) is 13.4 Å². The number of carbonyl (C=O) groups excluding carboxylic acids is 1. The van der Waals surface area contributed by atoms with Crippen molar-refractivity contribution in [2.75, 3.05) is 18.0 Å². The van der Waals surface area contributed by atoms with Crippen molar-refractivity contribution in [3.05, 3.63) is 70.3 Å². The van der Waals surface area contributed by atoms with Crippen LogP contribution in [0, 0.1) is 5.92 Å². The van der Waals surface area contributed by atoms with E-state index in [1.165, 1.54) is 27.0 Å². The molecule has 4 aromatic rings. The number of thiophene rings is 1. The second-order valence-corrected chi connectivity index (χ2v) is 13.0. The second kappa shape index (κ2) is 9.82. The van der Waals surface area contributed by atoms with Crippen molar-refractivity contribution in [3.63, 3.8) is 0 Å². The van der Waals surface area contributed by atoms with Crippen LogP contribution in [-0.2, 0) is 21.4 Å². The molecule has 0 bridgehead atoms. The molecule has 5 rings (SSSR count). The van der Waals surface area contributed by atoms with Gasteiger partial charge in [0.2, 0.25) is 5.91 Å². The summed E-state index contributed by atoms with van der Waals surface area (Å²) in [5.41, 5.74) is 1.75. The molecule has 0 unspecified atom stereocenters. The third kappa shape index (κ3) is 4.80. The van der Waals surface area contributed by atoms with E-state index in [1.807, 2.05) is 30.3 Å². The lowest BCUT2D eigenvalue weighted by atomic mass is 9.96. The lowest BCUT2D eigenvalue weighted by molar-refractivity contribution is -0.123. The van der Waals surface area contributed by atoms with E-state index < -0.39 is 10.0 Å². The molecule has 34 heavy (non-hydrogen) atoms. The van der Waals surface area contributed by atoms with Crippen LogP contribution in [0.3, 0.4) is 0 Å². The fourth-order valence-electron chi connectivity index (χ4n) is 4.02. The number of sulfonamides is 1. The number of rotatable bonds is 6. The maximum Gasteiger partial charge on any atom is 0.252 e. The van der Waals surface area contributed by atoms with E-state index in [0.29, 0.717) is 41.8 Å². The molecule has 0 atom stereocenters. The largest absolute Gasteiger partial charge is 0.283 e. The molecule has 1 saturated heterocycles. The molecule has 0 N–H and O–H groups in total. The number of benzene rings is 1. The van der Waals surface area contributed by atoms with Gasteiger partial charge in [-0.15, -0.1) is 11.3 Å². The zero-order valence-corrected chi connectivity index (χ0v) is 22.0. The van der Waals surface area contributed by atoms with Crippen molar-refractivity contribution in [1.29, 1.82) is 0 Å². The van der Waals surface area contributed by atoms with Gasteiger partial charge in [-0.05, 0) is 54.1 Å². The average Bonchev–Trinajstić information content (AvgIpc) is 3.53. The number of amides is 1. The van der Waals surface area contributed by atoms with Gasteiger partial charge in [0.05, 0.1) is 16.8 Å². The highest BCUT2D eigenvalue weighted by Gasteiger charge is 2.35. The summed E-state index contributed by atoms with van der Waals surface area (Å²) in [5.74, 6) is -0.305. The van der Waals surface area contributed by atoms with Gasteiger partial charge in [0.1, 0.15) is 4.21 Å². The van der Waals surface area contributed by atoms with Gasteiger partial charge >= 0.3 is 0 Å². The number of halogens is 1. The van der Waals surface area contributed by atoms with Gasteiger partial charge in [0, 0.05) is 35.9 Å². The van der Waals surface area contributed by atoms with Crippen LogP contribution in [0.15, 0.2) is 68.9 Å². The molecule has 4 heterocycles. The number of hydrogen-bond acceptors (Lipinski definition) is 7. The van der Waals surface area contributed by atoms with Crippen molar-refractivity contribution in [2.24, 2.45) is 5.92 Å².